The molecule has 2 heterocycles. The average molecular weight is 727 g/mol. The van der Waals surface area contributed by atoms with Gasteiger partial charge in [-0.05, 0) is 90.9 Å². The lowest BCUT2D eigenvalue weighted by molar-refractivity contribution is -0.121. The first-order valence-corrected chi connectivity index (χ1v) is 17.3. The van der Waals surface area contributed by atoms with E-state index in [-0.39, 0.29) is 28.1 Å². The van der Waals surface area contributed by atoms with Crippen LogP contribution in [0.4, 0.5) is 30.6 Å². The van der Waals surface area contributed by atoms with Crippen LogP contribution in [0.3, 0.4) is 0 Å². The van der Waals surface area contributed by atoms with Crippen LogP contribution in [0.15, 0.2) is 107 Å². The lowest BCUT2D eigenvalue weighted by Crippen LogP contribution is -2.57. The number of halogens is 3. The second kappa shape index (κ2) is 14.5. The van der Waals surface area contributed by atoms with Crippen LogP contribution in [-0.4, -0.2) is 56.4 Å². The number of barbiturate groups is 1. The highest BCUT2D eigenvalue weighted by molar-refractivity contribution is 8.19. The number of carbonyl (C=O) groups excluding carboxylic acids is 4. The monoisotopic (exact) mass is 726 g/mol. The van der Waals surface area contributed by atoms with Gasteiger partial charge in [-0.2, -0.15) is 0 Å². The SMILES string of the molecule is CC1(C)/C(=C\C=C\C=C2C(=O)N(c3ccc(F)cc3)C(=O)N(c3ccc(F)cc3)C2=O)N(CCCNC(=O)CCl)c2ccc(S([O-])(O)[OH2+])cc21. The summed E-state index contributed by atoms with van der Waals surface area (Å²) in [5.41, 5.74) is 1.04. The molecule has 1 fully saturated rings. The molecule has 3 aromatic carbocycles. The van der Waals surface area contributed by atoms with E-state index >= 15 is 0 Å². The Hall–Kier alpha value is -4.86. The Morgan fingerprint density at radius 2 is 1.48 bits per heavy atom. The molecule has 1 atom stereocenters. The number of nitrogens with one attached hydrogen (secondary N) is 1. The smallest absolute Gasteiger partial charge is 0.343 e. The van der Waals surface area contributed by atoms with Crippen molar-refractivity contribution in [1.29, 1.82) is 0 Å². The summed E-state index contributed by atoms with van der Waals surface area (Å²) >= 11 is 5.58. The molecule has 262 valence electrons. The molecule has 3 aromatic rings. The van der Waals surface area contributed by atoms with E-state index in [9.17, 15) is 37.1 Å². The van der Waals surface area contributed by atoms with Gasteiger partial charge in [0.25, 0.3) is 11.8 Å². The number of rotatable bonds is 10. The molecule has 0 spiro atoms. The molecule has 50 heavy (non-hydrogen) atoms. The molecule has 0 bridgehead atoms. The molecule has 4 N–H and O–H groups in total. The fraction of sp³-hybridized carbons (Fsp3) is 0.200. The first kappa shape index (κ1) is 36.4. The van der Waals surface area contributed by atoms with Crippen LogP contribution in [0.2, 0.25) is 0 Å². The van der Waals surface area contributed by atoms with Crippen molar-refractivity contribution >= 4 is 63.3 Å². The van der Waals surface area contributed by atoms with Crippen molar-refractivity contribution in [3.8, 4) is 0 Å². The van der Waals surface area contributed by atoms with Gasteiger partial charge in [-0.1, -0.05) is 26.0 Å². The summed E-state index contributed by atoms with van der Waals surface area (Å²) in [5.74, 6) is -3.60. The Balaban J connectivity index is 1.51. The molecule has 5 rings (SSSR count). The van der Waals surface area contributed by atoms with Gasteiger partial charge in [0.2, 0.25) is 5.91 Å². The van der Waals surface area contributed by atoms with Crippen LogP contribution in [0.1, 0.15) is 25.8 Å². The molecule has 2 aliphatic rings. The van der Waals surface area contributed by atoms with Crippen molar-refractivity contribution in [2.45, 2.75) is 30.6 Å². The van der Waals surface area contributed by atoms with E-state index in [2.05, 4.69) is 5.32 Å². The largest absolute Gasteiger partial charge is 0.729 e. The minimum Gasteiger partial charge on any atom is -0.729 e. The van der Waals surface area contributed by atoms with Crippen LogP contribution >= 0.6 is 22.5 Å². The van der Waals surface area contributed by atoms with Gasteiger partial charge < -0.3 is 19.3 Å². The second-order valence-corrected chi connectivity index (χ2v) is 13.6. The number of benzene rings is 3. The third-order valence-corrected chi connectivity index (χ3v) is 9.37. The average Bonchev–Trinajstić information content (AvgIpc) is 3.28. The highest BCUT2D eigenvalue weighted by Crippen LogP contribution is 2.52. The predicted molar refractivity (Wildman–Crippen MR) is 187 cm³/mol. The number of hydrogen-bond acceptors (Lipinski definition) is 7. The van der Waals surface area contributed by atoms with Gasteiger partial charge in [-0.3, -0.25) is 18.9 Å². The molecule has 15 heteroatoms. The Morgan fingerprint density at radius 3 is 2.00 bits per heavy atom. The third kappa shape index (κ3) is 7.34. The van der Waals surface area contributed by atoms with Crippen molar-refractivity contribution in [2.75, 3.05) is 33.7 Å². The highest BCUT2D eigenvalue weighted by Gasteiger charge is 2.44. The molecule has 0 aromatic heterocycles. The van der Waals surface area contributed by atoms with Gasteiger partial charge in [0.1, 0.15) is 23.1 Å². The third-order valence-electron chi connectivity index (χ3n) is 8.23. The molecule has 2 aliphatic heterocycles. The van der Waals surface area contributed by atoms with Crippen LogP contribution in [0.5, 0.6) is 0 Å². The summed E-state index contributed by atoms with van der Waals surface area (Å²) in [6.45, 7) is 4.55. The molecule has 11 nitrogen and oxygen atoms in total. The van der Waals surface area contributed by atoms with Crippen LogP contribution in [-0.2, 0) is 19.8 Å². The van der Waals surface area contributed by atoms with Gasteiger partial charge in [0.05, 0.1) is 27.1 Å². The first-order valence-electron chi connectivity index (χ1n) is 15.2. The number of urea groups is 1. The standard InChI is InChI=1S/C35H33ClF2N4O7S/c1-35(2)28-20-26(50(47,48)49)16-17-29(28)40(19-5-18-39-31(43)21-36)30(35)7-4-3-6-27-32(44)41(24-12-8-22(37)9-13-24)34(46)42(33(27)45)25-14-10-23(38)11-15-25/h3-4,6-17,20,47-49H,5,18-19,21H2,1-2H3,(H,39,43)/b4-3+,30-7+. The fourth-order valence-electron chi connectivity index (χ4n) is 5.76. The lowest BCUT2D eigenvalue weighted by atomic mass is 9.83. The molecule has 5 amide bonds. The zero-order valence-corrected chi connectivity index (χ0v) is 28.4. The van der Waals surface area contributed by atoms with Crippen LogP contribution in [0.25, 0.3) is 0 Å². The van der Waals surface area contributed by atoms with E-state index in [0.29, 0.717) is 25.1 Å². The summed E-state index contributed by atoms with van der Waals surface area (Å²) in [6.07, 6.45) is 6.51. The Bertz CT molecular complexity index is 1860. The number of anilines is 3. The van der Waals surface area contributed by atoms with Gasteiger partial charge >= 0.3 is 6.03 Å². The van der Waals surface area contributed by atoms with Gasteiger partial charge in [-0.15, -0.1) is 11.6 Å². The number of imide groups is 2. The Labute approximate surface area is 293 Å². The molecule has 0 radical (unpaired) electrons. The lowest BCUT2D eigenvalue weighted by Gasteiger charge is -2.33. The van der Waals surface area contributed by atoms with Crippen LogP contribution < -0.4 is 20.0 Å². The number of allylic oxidation sites excluding steroid dienone is 5. The molecule has 0 aliphatic carbocycles. The summed E-state index contributed by atoms with van der Waals surface area (Å²) in [4.78, 5) is 55.8. The zero-order chi connectivity index (χ0) is 36.4. The minimum absolute atomic E-state index is 0.0141. The Morgan fingerprint density at radius 1 is 0.940 bits per heavy atom. The number of fused-ring (bicyclic) bond motifs is 1. The number of amides is 5. The molecular weight excluding hydrogens is 694 g/mol. The van der Waals surface area contributed by atoms with E-state index in [4.69, 9.17) is 16.2 Å². The topological polar surface area (TPSA) is 156 Å². The highest BCUT2D eigenvalue weighted by atomic mass is 35.5. The first-order chi connectivity index (χ1) is 23.6. The maximum absolute atomic E-state index is 13.7. The summed E-state index contributed by atoms with van der Waals surface area (Å²) in [6, 6.07) is 12.7. The molecule has 0 saturated carbocycles. The number of alkyl halides is 1. The molecule has 1 unspecified atom stereocenters. The second-order valence-electron chi connectivity index (χ2n) is 11.9. The maximum Gasteiger partial charge on any atom is 0.343 e. The van der Waals surface area contributed by atoms with Gasteiger partial charge in [0, 0.05) is 29.9 Å². The summed E-state index contributed by atoms with van der Waals surface area (Å²) in [5, 5.41) is 2.71. The van der Waals surface area contributed by atoms with E-state index in [0.717, 1.165) is 45.4 Å². The van der Waals surface area contributed by atoms with Crippen molar-refractivity contribution < 1.29 is 41.6 Å². The summed E-state index contributed by atoms with van der Waals surface area (Å²) in [7, 11) is -4.00. The summed E-state index contributed by atoms with van der Waals surface area (Å²) < 4.78 is 57.2. The minimum atomic E-state index is -4.00. The van der Waals surface area contributed by atoms with E-state index in [1.165, 1.54) is 48.6 Å². The predicted octanol–water partition coefficient (Wildman–Crippen LogP) is 5.78. The van der Waals surface area contributed by atoms with E-state index < -0.39 is 51.3 Å². The number of carbonyl (C=O) groups is 4. The number of hydrogen-bond donors (Lipinski definition) is 2. The van der Waals surface area contributed by atoms with Gasteiger partial charge in [0.15, 0.2) is 0 Å². The van der Waals surface area contributed by atoms with Crippen molar-refractivity contribution in [3.05, 3.63) is 120 Å². The fourth-order valence-corrected chi connectivity index (χ4v) is 6.39. The van der Waals surface area contributed by atoms with E-state index in [1.54, 1.807) is 18.2 Å². The number of nitrogens with zero attached hydrogens (tertiary/aromatic N) is 3. The van der Waals surface area contributed by atoms with Crippen molar-refractivity contribution in [3.63, 3.8) is 0 Å². The van der Waals surface area contributed by atoms with Crippen LogP contribution in [0, 0.1) is 11.6 Å². The van der Waals surface area contributed by atoms with E-state index in [1.807, 2.05) is 18.7 Å². The zero-order valence-electron chi connectivity index (χ0n) is 26.9. The van der Waals surface area contributed by atoms with Crippen molar-refractivity contribution in [2.24, 2.45) is 0 Å². The Kier molecular flexibility index (Phi) is 10.6. The molecular formula is C35H33ClF2N4O7S. The van der Waals surface area contributed by atoms with Gasteiger partial charge in [-0.25, -0.2) is 23.4 Å². The quantitative estimate of drug-likeness (QED) is 0.0882. The van der Waals surface area contributed by atoms with Crippen molar-refractivity contribution in [1.82, 2.24) is 5.32 Å². The maximum atomic E-state index is 13.7. The normalized spacial score (nSPS) is 18.5. The molecule has 1 saturated heterocycles.